The fraction of sp³-hybridized carbons (Fsp3) is 0.214. The minimum atomic E-state index is -0.539. The molecule has 0 spiro atoms. The number of methoxy groups -OCH3 is 2. The Morgan fingerprint density at radius 1 is 1.26 bits per heavy atom. The summed E-state index contributed by atoms with van der Waals surface area (Å²) in [7, 11) is 2.86. The van der Waals surface area contributed by atoms with E-state index in [0.717, 1.165) is 6.20 Å². The zero-order valence-corrected chi connectivity index (χ0v) is 12.5. The van der Waals surface area contributed by atoms with Gasteiger partial charge in [0.15, 0.2) is 17.3 Å². The Bertz CT molecular complexity index is 705. The summed E-state index contributed by atoms with van der Waals surface area (Å²) in [5.41, 5.74) is 0.596. The number of pyridine rings is 1. The first-order valence-electron chi connectivity index (χ1n) is 6.47. The highest BCUT2D eigenvalue weighted by Gasteiger charge is 2.11. The quantitative estimate of drug-likeness (QED) is 0.496. The van der Waals surface area contributed by atoms with Gasteiger partial charge in [0.05, 0.1) is 25.7 Å². The SMILES string of the molecule is COc1cc(CN=Nc2ccc([N+](=O)[O-])cn2)cc(OC)c1O. The van der Waals surface area contributed by atoms with E-state index in [0.29, 0.717) is 5.56 Å². The van der Waals surface area contributed by atoms with E-state index in [9.17, 15) is 15.2 Å². The van der Waals surface area contributed by atoms with Crippen molar-refractivity contribution < 1.29 is 19.5 Å². The second-order valence-corrected chi connectivity index (χ2v) is 4.38. The third kappa shape index (κ3) is 3.90. The normalized spacial score (nSPS) is 10.7. The summed E-state index contributed by atoms with van der Waals surface area (Å²) in [6, 6.07) is 5.92. The van der Waals surface area contributed by atoms with Crippen LogP contribution in [-0.4, -0.2) is 29.2 Å². The predicted molar refractivity (Wildman–Crippen MR) is 80.3 cm³/mol. The Morgan fingerprint density at radius 3 is 2.39 bits per heavy atom. The molecular formula is C14H14N4O5. The first kappa shape index (κ1) is 16.1. The number of benzene rings is 1. The summed E-state index contributed by atoms with van der Waals surface area (Å²) in [5.74, 6) is 0.701. The molecule has 23 heavy (non-hydrogen) atoms. The van der Waals surface area contributed by atoms with Gasteiger partial charge in [-0.15, -0.1) is 5.11 Å². The van der Waals surface area contributed by atoms with Crippen molar-refractivity contribution >= 4 is 11.5 Å². The van der Waals surface area contributed by atoms with Crippen molar-refractivity contribution in [3.8, 4) is 17.2 Å². The van der Waals surface area contributed by atoms with Crippen molar-refractivity contribution in [3.05, 3.63) is 46.1 Å². The van der Waals surface area contributed by atoms with Crippen LogP contribution >= 0.6 is 0 Å². The van der Waals surface area contributed by atoms with Gasteiger partial charge in [-0.1, -0.05) is 0 Å². The van der Waals surface area contributed by atoms with Crippen LogP contribution in [0.25, 0.3) is 0 Å². The summed E-state index contributed by atoms with van der Waals surface area (Å²) in [4.78, 5) is 13.8. The van der Waals surface area contributed by atoms with E-state index in [1.807, 2.05) is 0 Å². The van der Waals surface area contributed by atoms with E-state index in [1.54, 1.807) is 12.1 Å². The van der Waals surface area contributed by atoms with Crippen LogP contribution < -0.4 is 9.47 Å². The second kappa shape index (κ2) is 7.16. The third-order valence-corrected chi connectivity index (χ3v) is 2.91. The Labute approximate surface area is 131 Å². The van der Waals surface area contributed by atoms with Gasteiger partial charge in [-0.2, -0.15) is 5.11 Å². The van der Waals surface area contributed by atoms with Crippen LogP contribution in [0.4, 0.5) is 11.5 Å². The lowest BCUT2D eigenvalue weighted by atomic mass is 10.2. The highest BCUT2D eigenvalue weighted by molar-refractivity contribution is 5.52. The van der Waals surface area contributed by atoms with E-state index < -0.39 is 4.92 Å². The predicted octanol–water partition coefficient (Wildman–Crippen LogP) is 3.00. The average molecular weight is 318 g/mol. The molecule has 1 aromatic heterocycles. The molecule has 2 aromatic rings. The minimum Gasteiger partial charge on any atom is -0.502 e. The molecule has 0 amide bonds. The maximum atomic E-state index is 10.5. The van der Waals surface area contributed by atoms with E-state index in [2.05, 4.69) is 15.2 Å². The molecule has 1 heterocycles. The molecule has 1 aromatic carbocycles. The van der Waals surface area contributed by atoms with Crippen molar-refractivity contribution in [1.29, 1.82) is 0 Å². The number of nitro groups is 1. The topological polar surface area (TPSA) is 119 Å². The van der Waals surface area contributed by atoms with Gasteiger partial charge in [0.1, 0.15) is 6.20 Å². The van der Waals surface area contributed by atoms with Crippen LogP contribution in [0, 0.1) is 10.1 Å². The maximum Gasteiger partial charge on any atom is 0.287 e. The van der Waals surface area contributed by atoms with Gasteiger partial charge in [0, 0.05) is 6.07 Å². The van der Waals surface area contributed by atoms with Gasteiger partial charge in [-0.05, 0) is 23.8 Å². The number of azo groups is 1. The molecular weight excluding hydrogens is 304 g/mol. The number of aromatic nitrogens is 1. The van der Waals surface area contributed by atoms with Crippen molar-refractivity contribution in [2.45, 2.75) is 6.54 Å². The average Bonchev–Trinajstić information content (AvgIpc) is 2.56. The van der Waals surface area contributed by atoms with Gasteiger partial charge >= 0.3 is 0 Å². The summed E-state index contributed by atoms with van der Waals surface area (Å²) in [6.07, 6.45) is 1.11. The number of nitrogens with zero attached hydrogens (tertiary/aromatic N) is 4. The molecule has 9 nitrogen and oxygen atoms in total. The monoisotopic (exact) mass is 318 g/mol. The molecule has 0 aliphatic rings. The summed E-state index contributed by atoms with van der Waals surface area (Å²) < 4.78 is 10.1. The number of rotatable bonds is 6. The lowest BCUT2D eigenvalue weighted by Crippen LogP contribution is -1.92. The van der Waals surface area contributed by atoms with E-state index in [1.165, 1.54) is 26.4 Å². The first-order chi connectivity index (χ1) is 11.0. The molecule has 1 N–H and O–H groups in total. The van der Waals surface area contributed by atoms with Gasteiger partial charge in [-0.25, -0.2) is 4.98 Å². The van der Waals surface area contributed by atoms with Crippen LogP contribution in [0.2, 0.25) is 0 Å². The molecule has 0 saturated heterocycles. The third-order valence-electron chi connectivity index (χ3n) is 2.91. The van der Waals surface area contributed by atoms with Crippen LogP contribution in [0.5, 0.6) is 17.2 Å². The summed E-state index contributed by atoms with van der Waals surface area (Å²) in [6.45, 7) is 0.200. The summed E-state index contributed by atoms with van der Waals surface area (Å²) in [5, 5.41) is 28.2. The molecule has 0 bridgehead atoms. The molecule has 2 rings (SSSR count). The molecule has 0 atom stereocenters. The lowest BCUT2D eigenvalue weighted by Gasteiger charge is -2.09. The molecule has 120 valence electrons. The standard InChI is InChI=1S/C14H14N4O5/c1-22-11-5-9(6-12(23-2)14(11)19)7-16-17-13-4-3-10(8-15-13)18(20)21/h3-6,8,19H,7H2,1-2H3. The minimum absolute atomic E-state index is 0.0901. The van der Waals surface area contributed by atoms with Crippen LogP contribution in [0.15, 0.2) is 40.7 Å². The van der Waals surface area contributed by atoms with Crippen molar-refractivity contribution in [2.24, 2.45) is 10.2 Å². The van der Waals surface area contributed by atoms with E-state index in [4.69, 9.17) is 9.47 Å². The van der Waals surface area contributed by atoms with Crippen LogP contribution in [0.3, 0.4) is 0 Å². The van der Waals surface area contributed by atoms with Gasteiger partial charge in [-0.3, -0.25) is 10.1 Å². The van der Waals surface area contributed by atoms with Crippen molar-refractivity contribution in [2.75, 3.05) is 14.2 Å². The molecule has 0 saturated carbocycles. The second-order valence-electron chi connectivity index (χ2n) is 4.38. The Morgan fingerprint density at radius 2 is 1.91 bits per heavy atom. The largest absolute Gasteiger partial charge is 0.502 e. The number of hydrogen-bond acceptors (Lipinski definition) is 8. The molecule has 9 heteroatoms. The van der Waals surface area contributed by atoms with Crippen LogP contribution in [0.1, 0.15) is 5.56 Å². The van der Waals surface area contributed by atoms with Gasteiger partial charge in [0.25, 0.3) is 5.69 Å². The fourth-order valence-corrected chi connectivity index (χ4v) is 1.77. The fourth-order valence-electron chi connectivity index (χ4n) is 1.77. The van der Waals surface area contributed by atoms with Gasteiger partial charge in [0.2, 0.25) is 5.75 Å². The highest BCUT2D eigenvalue weighted by Crippen LogP contribution is 2.37. The summed E-state index contributed by atoms with van der Waals surface area (Å²) >= 11 is 0. The molecule has 0 unspecified atom stereocenters. The Hall–Kier alpha value is -3.23. The zero-order chi connectivity index (χ0) is 16.8. The maximum absolute atomic E-state index is 10.5. The molecule has 0 fully saturated rings. The number of phenolic OH excluding ortho intramolecular Hbond substituents is 1. The first-order valence-corrected chi connectivity index (χ1v) is 6.47. The smallest absolute Gasteiger partial charge is 0.287 e. The van der Waals surface area contributed by atoms with E-state index in [-0.39, 0.29) is 35.3 Å². The van der Waals surface area contributed by atoms with Crippen molar-refractivity contribution in [1.82, 2.24) is 4.98 Å². The number of ether oxygens (including phenoxy) is 2. The zero-order valence-electron chi connectivity index (χ0n) is 12.5. The molecule has 0 aliphatic carbocycles. The van der Waals surface area contributed by atoms with Gasteiger partial charge < -0.3 is 14.6 Å². The molecule has 0 radical (unpaired) electrons. The van der Waals surface area contributed by atoms with E-state index >= 15 is 0 Å². The van der Waals surface area contributed by atoms with Crippen LogP contribution in [-0.2, 0) is 6.54 Å². The van der Waals surface area contributed by atoms with Crippen molar-refractivity contribution in [3.63, 3.8) is 0 Å². The lowest BCUT2D eigenvalue weighted by molar-refractivity contribution is -0.385. The number of hydrogen-bond donors (Lipinski definition) is 1. The number of phenols is 1. The number of aromatic hydroxyl groups is 1. The molecule has 0 aliphatic heterocycles. The Balaban J connectivity index is 2.12. The highest BCUT2D eigenvalue weighted by atomic mass is 16.6. The Kier molecular flexibility index (Phi) is 5.03.